The van der Waals surface area contributed by atoms with Crippen molar-refractivity contribution in [3.8, 4) is 0 Å². The number of nitrogens with zero attached hydrogens (tertiary/aromatic N) is 2. The van der Waals surface area contributed by atoms with Gasteiger partial charge >= 0.3 is 0 Å². The molecule has 1 aliphatic heterocycles. The summed E-state index contributed by atoms with van der Waals surface area (Å²) < 4.78 is 2.23. The summed E-state index contributed by atoms with van der Waals surface area (Å²) in [5.41, 5.74) is 0.110. The maximum Gasteiger partial charge on any atom is 0.223 e. The third-order valence-electron chi connectivity index (χ3n) is 2.26. The van der Waals surface area contributed by atoms with Crippen LogP contribution in [-0.2, 0) is 4.79 Å². The van der Waals surface area contributed by atoms with Crippen LogP contribution in [-0.4, -0.2) is 40.1 Å². The minimum atomic E-state index is 0.110. The van der Waals surface area contributed by atoms with Crippen LogP contribution in [0.2, 0.25) is 0 Å². The second-order valence-electron chi connectivity index (χ2n) is 5.03. The van der Waals surface area contributed by atoms with E-state index in [1.54, 1.807) is 0 Å². The fourth-order valence-electron chi connectivity index (χ4n) is 1.50. The first-order valence-electron chi connectivity index (χ1n) is 5.07. The summed E-state index contributed by atoms with van der Waals surface area (Å²) in [4.78, 5) is 13.8. The summed E-state index contributed by atoms with van der Waals surface area (Å²) in [6.07, 6.45) is 0.661. The highest BCUT2D eigenvalue weighted by molar-refractivity contribution is 14.1. The largest absolute Gasteiger partial charge is 0.340 e. The Bertz CT molecular complexity index is 205. The number of carbonyl (C=O) groups excluding carboxylic acids is 1. The molecule has 0 aliphatic carbocycles. The van der Waals surface area contributed by atoms with E-state index in [1.165, 1.54) is 0 Å². The van der Waals surface area contributed by atoms with Gasteiger partial charge in [0.1, 0.15) is 0 Å². The first kappa shape index (κ1) is 12.2. The number of amides is 1. The van der Waals surface area contributed by atoms with Gasteiger partial charge in [-0.15, -0.1) is 0 Å². The summed E-state index contributed by atoms with van der Waals surface area (Å²) in [5.74, 6) is 0.307. The molecule has 14 heavy (non-hydrogen) atoms. The lowest BCUT2D eigenvalue weighted by Gasteiger charge is -2.33. The van der Waals surface area contributed by atoms with E-state index < -0.39 is 0 Å². The molecule has 1 aliphatic rings. The molecule has 0 saturated carbocycles. The highest BCUT2D eigenvalue weighted by atomic mass is 127. The molecular formula is C10H19IN2O. The molecule has 4 heteroatoms. The number of carbonyl (C=O) groups is 1. The molecule has 1 rings (SSSR count). The Balaban J connectivity index is 2.38. The normalized spacial score (nSPS) is 19.9. The molecule has 0 aromatic heterocycles. The number of piperazine rings is 1. The summed E-state index contributed by atoms with van der Waals surface area (Å²) in [5, 5.41) is 0. The molecule has 0 aromatic rings. The van der Waals surface area contributed by atoms with Crippen LogP contribution in [0.5, 0.6) is 0 Å². The van der Waals surface area contributed by atoms with E-state index in [4.69, 9.17) is 0 Å². The van der Waals surface area contributed by atoms with Gasteiger partial charge in [0.25, 0.3) is 0 Å². The van der Waals surface area contributed by atoms with Gasteiger partial charge in [0.2, 0.25) is 5.91 Å². The van der Waals surface area contributed by atoms with Crippen LogP contribution < -0.4 is 0 Å². The van der Waals surface area contributed by atoms with Crippen LogP contribution in [0.4, 0.5) is 0 Å². The van der Waals surface area contributed by atoms with Crippen molar-refractivity contribution in [2.45, 2.75) is 27.2 Å². The molecule has 1 amide bonds. The fraction of sp³-hybridized carbons (Fsp3) is 0.900. The average Bonchev–Trinajstić information content (AvgIpc) is 2.02. The molecule has 1 saturated heterocycles. The van der Waals surface area contributed by atoms with Gasteiger partial charge in [-0.05, 0) is 5.41 Å². The second kappa shape index (κ2) is 4.79. The first-order chi connectivity index (χ1) is 6.38. The number of rotatable bonds is 1. The van der Waals surface area contributed by atoms with Crippen LogP contribution in [0.25, 0.3) is 0 Å². The van der Waals surface area contributed by atoms with E-state index in [0.717, 1.165) is 26.2 Å². The maximum absolute atomic E-state index is 11.8. The molecule has 0 unspecified atom stereocenters. The zero-order valence-electron chi connectivity index (χ0n) is 9.22. The molecular weight excluding hydrogens is 291 g/mol. The SMILES string of the molecule is CC(C)(C)CC(=O)N1CCN(I)CC1. The van der Waals surface area contributed by atoms with Crippen LogP contribution in [0, 0.1) is 5.41 Å². The highest BCUT2D eigenvalue weighted by Crippen LogP contribution is 2.20. The van der Waals surface area contributed by atoms with Gasteiger partial charge in [-0.3, -0.25) is 4.79 Å². The van der Waals surface area contributed by atoms with Crippen molar-refractivity contribution < 1.29 is 4.79 Å². The van der Waals surface area contributed by atoms with Crippen molar-refractivity contribution in [2.75, 3.05) is 26.2 Å². The maximum atomic E-state index is 11.8. The highest BCUT2D eigenvalue weighted by Gasteiger charge is 2.23. The van der Waals surface area contributed by atoms with Crippen LogP contribution in [0.3, 0.4) is 0 Å². The Morgan fingerprint density at radius 2 is 1.71 bits per heavy atom. The van der Waals surface area contributed by atoms with Crippen molar-refractivity contribution in [1.29, 1.82) is 0 Å². The van der Waals surface area contributed by atoms with Gasteiger partial charge in [-0.2, -0.15) is 0 Å². The quantitative estimate of drug-likeness (QED) is 0.546. The van der Waals surface area contributed by atoms with E-state index in [-0.39, 0.29) is 5.41 Å². The Morgan fingerprint density at radius 3 is 2.14 bits per heavy atom. The van der Waals surface area contributed by atoms with Crippen molar-refractivity contribution >= 4 is 28.8 Å². The van der Waals surface area contributed by atoms with Crippen molar-refractivity contribution in [2.24, 2.45) is 5.41 Å². The third-order valence-corrected chi connectivity index (χ3v) is 3.22. The summed E-state index contributed by atoms with van der Waals surface area (Å²) in [6.45, 7) is 10.1. The van der Waals surface area contributed by atoms with E-state index in [2.05, 4.69) is 46.7 Å². The molecule has 82 valence electrons. The zero-order valence-corrected chi connectivity index (χ0v) is 11.4. The van der Waals surface area contributed by atoms with Crippen molar-refractivity contribution in [1.82, 2.24) is 8.01 Å². The van der Waals surface area contributed by atoms with Crippen LogP contribution >= 0.6 is 22.9 Å². The lowest BCUT2D eigenvalue weighted by Crippen LogP contribution is -2.46. The summed E-state index contributed by atoms with van der Waals surface area (Å²) in [7, 11) is 0. The third kappa shape index (κ3) is 4.13. The number of halogens is 1. The molecule has 0 atom stereocenters. The minimum absolute atomic E-state index is 0.110. The first-order valence-corrected chi connectivity index (χ1v) is 6.03. The van der Waals surface area contributed by atoms with Crippen molar-refractivity contribution in [3.63, 3.8) is 0 Å². The summed E-state index contributed by atoms with van der Waals surface area (Å²) >= 11 is 2.31. The van der Waals surface area contributed by atoms with Gasteiger partial charge in [0, 0.05) is 55.5 Å². The second-order valence-corrected chi connectivity index (χ2v) is 6.39. The number of hydrogen-bond donors (Lipinski definition) is 0. The van der Waals surface area contributed by atoms with Crippen LogP contribution in [0.15, 0.2) is 0 Å². The zero-order chi connectivity index (χ0) is 10.8. The molecule has 0 bridgehead atoms. The summed E-state index contributed by atoms with van der Waals surface area (Å²) in [6, 6.07) is 0. The van der Waals surface area contributed by atoms with Gasteiger partial charge < -0.3 is 4.90 Å². The fourth-order valence-corrected chi connectivity index (χ4v) is 1.93. The van der Waals surface area contributed by atoms with E-state index in [0.29, 0.717) is 12.3 Å². The topological polar surface area (TPSA) is 23.6 Å². The Hall–Kier alpha value is 0.160. The Kier molecular flexibility index (Phi) is 4.18. The molecule has 0 N–H and O–H groups in total. The van der Waals surface area contributed by atoms with E-state index in [1.807, 2.05) is 4.90 Å². The number of hydrogen-bond acceptors (Lipinski definition) is 2. The monoisotopic (exact) mass is 310 g/mol. The smallest absolute Gasteiger partial charge is 0.223 e. The Morgan fingerprint density at radius 1 is 1.21 bits per heavy atom. The molecule has 1 heterocycles. The van der Waals surface area contributed by atoms with E-state index >= 15 is 0 Å². The van der Waals surface area contributed by atoms with Gasteiger partial charge in [0.05, 0.1) is 0 Å². The predicted molar refractivity (Wildman–Crippen MR) is 66.2 cm³/mol. The van der Waals surface area contributed by atoms with Crippen molar-refractivity contribution in [3.05, 3.63) is 0 Å². The molecule has 3 nitrogen and oxygen atoms in total. The van der Waals surface area contributed by atoms with Gasteiger partial charge in [-0.25, -0.2) is 3.11 Å². The Labute approximate surface area is 100 Å². The standard InChI is InChI=1S/C10H19IN2O/c1-10(2,3)8-9(14)12-4-6-13(11)7-5-12/h4-8H2,1-3H3. The predicted octanol–water partition coefficient (Wildman–Crippen LogP) is 1.92. The van der Waals surface area contributed by atoms with Crippen LogP contribution in [0.1, 0.15) is 27.2 Å². The lowest BCUT2D eigenvalue weighted by molar-refractivity contribution is -0.134. The minimum Gasteiger partial charge on any atom is -0.340 e. The lowest BCUT2D eigenvalue weighted by atomic mass is 9.91. The molecule has 0 spiro atoms. The molecule has 0 radical (unpaired) electrons. The van der Waals surface area contributed by atoms with E-state index in [9.17, 15) is 4.79 Å². The van der Waals surface area contributed by atoms with Gasteiger partial charge in [-0.1, -0.05) is 20.8 Å². The average molecular weight is 310 g/mol. The molecule has 0 aromatic carbocycles. The molecule has 1 fully saturated rings. The van der Waals surface area contributed by atoms with Gasteiger partial charge in [0.15, 0.2) is 0 Å².